The Bertz CT molecular complexity index is 610. The van der Waals surface area contributed by atoms with Crippen LogP contribution in [0.1, 0.15) is 19.3 Å². The molecule has 0 unspecified atom stereocenters. The second-order valence-corrected chi connectivity index (χ2v) is 6.46. The third-order valence-corrected chi connectivity index (χ3v) is 4.77. The second-order valence-electron chi connectivity index (χ2n) is 6.46. The van der Waals surface area contributed by atoms with E-state index in [9.17, 15) is 14.9 Å². The highest BCUT2D eigenvalue weighted by Gasteiger charge is 2.28. The third kappa shape index (κ3) is 3.50. The van der Waals surface area contributed by atoms with Gasteiger partial charge in [-0.05, 0) is 29.2 Å². The monoisotopic (exact) mass is 336 g/mol. The Morgan fingerprint density at radius 1 is 1.17 bits per heavy atom. The molecular weight excluding hydrogens is 312 g/mol. The molecule has 1 amide bonds. The topological polar surface area (TPSA) is 87.7 Å². The zero-order valence-corrected chi connectivity index (χ0v) is 14.1. The number of anilines is 1. The Morgan fingerprint density at radius 2 is 1.92 bits per heavy atom. The molecule has 2 saturated heterocycles. The number of imidazole rings is 1. The molecule has 0 bridgehead atoms. The van der Waals surface area contributed by atoms with Crippen LogP contribution in [-0.4, -0.2) is 76.0 Å². The summed E-state index contributed by atoms with van der Waals surface area (Å²) in [6.45, 7) is 5.15. The number of nitro groups is 1. The molecule has 0 aliphatic carbocycles. The molecule has 0 atom stereocenters. The average Bonchev–Trinajstić information content (AvgIpc) is 3.15. The maximum absolute atomic E-state index is 12.3. The zero-order chi connectivity index (χ0) is 17.1. The highest BCUT2D eigenvalue weighted by Crippen LogP contribution is 2.26. The first-order chi connectivity index (χ1) is 11.6. The van der Waals surface area contributed by atoms with E-state index < -0.39 is 4.92 Å². The normalized spacial score (nSPS) is 19.5. The molecule has 0 saturated carbocycles. The van der Waals surface area contributed by atoms with E-state index in [2.05, 4.69) is 9.88 Å². The minimum Gasteiger partial charge on any atom is -0.358 e. The Hall–Kier alpha value is -2.16. The summed E-state index contributed by atoms with van der Waals surface area (Å²) >= 11 is 0. The molecule has 3 heterocycles. The summed E-state index contributed by atoms with van der Waals surface area (Å²) in [5.74, 6) is 0.652. The molecule has 9 heteroatoms. The van der Waals surface area contributed by atoms with Crippen molar-refractivity contribution in [2.24, 2.45) is 7.05 Å². The third-order valence-electron chi connectivity index (χ3n) is 4.77. The number of rotatable bonds is 4. The van der Waals surface area contributed by atoms with E-state index in [0.29, 0.717) is 18.9 Å². The molecule has 0 aromatic carbocycles. The van der Waals surface area contributed by atoms with Gasteiger partial charge in [0.25, 0.3) is 0 Å². The van der Waals surface area contributed by atoms with Gasteiger partial charge >= 0.3 is 5.82 Å². The van der Waals surface area contributed by atoms with Crippen LogP contribution in [-0.2, 0) is 11.8 Å². The van der Waals surface area contributed by atoms with Crippen LogP contribution in [0.5, 0.6) is 0 Å². The van der Waals surface area contributed by atoms with Crippen molar-refractivity contribution >= 4 is 17.5 Å². The van der Waals surface area contributed by atoms with Gasteiger partial charge in [-0.3, -0.25) is 14.3 Å². The van der Waals surface area contributed by atoms with E-state index in [0.717, 1.165) is 52.0 Å². The summed E-state index contributed by atoms with van der Waals surface area (Å²) in [4.78, 5) is 33.0. The Balaban J connectivity index is 1.62. The first-order valence-corrected chi connectivity index (χ1v) is 8.47. The molecular formula is C15H24N6O3. The van der Waals surface area contributed by atoms with E-state index in [1.165, 1.54) is 6.33 Å². The fourth-order valence-electron chi connectivity index (χ4n) is 3.50. The Morgan fingerprint density at radius 3 is 2.62 bits per heavy atom. The number of likely N-dealkylation sites (tertiary alicyclic amines) is 1. The summed E-state index contributed by atoms with van der Waals surface area (Å²) in [5.41, 5.74) is 0. The summed E-state index contributed by atoms with van der Waals surface area (Å²) in [6, 6.07) is 0. The second kappa shape index (κ2) is 7.16. The quantitative estimate of drug-likeness (QED) is 0.586. The Kier molecular flexibility index (Phi) is 4.98. The van der Waals surface area contributed by atoms with E-state index in [-0.39, 0.29) is 11.7 Å². The minimum atomic E-state index is -0.436. The van der Waals surface area contributed by atoms with Gasteiger partial charge in [-0.2, -0.15) is 0 Å². The number of hydrogen-bond acceptors (Lipinski definition) is 6. The molecule has 2 fully saturated rings. The van der Waals surface area contributed by atoms with Crippen molar-refractivity contribution in [1.82, 2.24) is 19.4 Å². The lowest BCUT2D eigenvalue weighted by molar-refractivity contribution is -0.388. The van der Waals surface area contributed by atoms with Crippen LogP contribution < -0.4 is 4.90 Å². The van der Waals surface area contributed by atoms with Crippen LogP contribution in [0, 0.1) is 10.1 Å². The largest absolute Gasteiger partial charge is 0.406 e. The predicted octanol–water partition coefficient (Wildman–Crippen LogP) is 0.463. The van der Waals surface area contributed by atoms with E-state index in [1.807, 2.05) is 9.80 Å². The van der Waals surface area contributed by atoms with Crippen LogP contribution in [0.2, 0.25) is 0 Å². The van der Waals surface area contributed by atoms with Crippen LogP contribution in [0.25, 0.3) is 0 Å². The summed E-state index contributed by atoms with van der Waals surface area (Å²) in [5, 5.41) is 11.2. The fraction of sp³-hybridized carbons (Fsp3) is 0.733. The molecule has 3 rings (SSSR count). The van der Waals surface area contributed by atoms with Gasteiger partial charge in [0.1, 0.15) is 0 Å². The maximum atomic E-state index is 12.3. The molecule has 132 valence electrons. The molecule has 24 heavy (non-hydrogen) atoms. The first-order valence-electron chi connectivity index (χ1n) is 8.47. The molecule has 0 radical (unpaired) electrons. The summed E-state index contributed by atoms with van der Waals surface area (Å²) < 4.78 is 1.70. The van der Waals surface area contributed by atoms with Crippen molar-refractivity contribution in [3.63, 3.8) is 0 Å². The summed E-state index contributed by atoms with van der Waals surface area (Å²) in [7, 11) is 1.77. The molecule has 2 aliphatic heterocycles. The molecule has 2 aliphatic rings. The molecule has 0 N–H and O–H groups in total. The summed E-state index contributed by atoms with van der Waals surface area (Å²) in [6.07, 6.45) is 4.55. The van der Waals surface area contributed by atoms with Gasteiger partial charge in [-0.15, -0.1) is 0 Å². The number of hydrogen-bond donors (Lipinski definition) is 0. The minimum absolute atomic E-state index is 0.0981. The smallest absolute Gasteiger partial charge is 0.358 e. The zero-order valence-electron chi connectivity index (χ0n) is 14.1. The van der Waals surface area contributed by atoms with Crippen molar-refractivity contribution in [1.29, 1.82) is 0 Å². The van der Waals surface area contributed by atoms with E-state index in [1.54, 1.807) is 11.6 Å². The van der Waals surface area contributed by atoms with Crippen molar-refractivity contribution in [3.05, 3.63) is 16.4 Å². The van der Waals surface area contributed by atoms with Crippen molar-refractivity contribution in [2.75, 3.05) is 50.7 Å². The van der Waals surface area contributed by atoms with Gasteiger partial charge < -0.3 is 19.9 Å². The predicted molar refractivity (Wildman–Crippen MR) is 88.9 cm³/mol. The molecule has 0 spiro atoms. The standard InChI is InChI=1S/C15H24N6O3/c1-17-12-16-14(21(23)24)15(17)20-8-4-5-18(9-10-20)11-13(22)19-6-2-3-7-19/h12H,2-11H2,1H3. The fourth-order valence-corrected chi connectivity index (χ4v) is 3.50. The Labute approximate surface area is 141 Å². The van der Waals surface area contributed by atoms with Crippen LogP contribution in [0.15, 0.2) is 6.33 Å². The number of amides is 1. The van der Waals surface area contributed by atoms with E-state index in [4.69, 9.17) is 0 Å². The highest BCUT2D eigenvalue weighted by atomic mass is 16.6. The van der Waals surface area contributed by atoms with Gasteiger partial charge in [0, 0.05) is 46.3 Å². The SMILES string of the molecule is Cn1cnc([N+](=O)[O-])c1N1CCCN(CC(=O)N2CCCC2)CC1. The number of aromatic nitrogens is 2. The lowest BCUT2D eigenvalue weighted by Crippen LogP contribution is -2.40. The maximum Gasteiger partial charge on any atom is 0.406 e. The van der Waals surface area contributed by atoms with Gasteiger partial charge in [0.05, 0.1) is 6.54 Å². The van der Waals surface area contributed by atoms with Gasteiger partial charge in [-0.1, -0.05) is 0 Å². The number of nitrogens with zero attached hydrogens (tertiary/aromatic N) is 6. The first kappa shape index (κ1) is 16.7. The lowest BCUT2D eigenvalue weighted by Gasteiger charge is -2.24. The molecule has 1 aromatic rings. The van der Waals surface area contributed by atoms with Crippen LogP contribution in [0.4, 0.5) is 11.6 Å². The molecule has 1 aromatic heterocycles. The lowest BCUT2D eigenvalue weighted by atomic mass is 10.3. The average molecular weight is 336 g/mol. The van der Waals surface area contributed by atoms with Crippen molar-refractivity contribution < 1.29 is 9.72 Å². The van der Waals surface area contributed by atoms with Crippen molar-refractivity contribution in [2.45, 2.75) is 19.3 Å². The van der Waals surface area contributed by atoms with Gasteiger partial charge in [0.15, 0.2) is 0 Å². The van der Waals surface area contributed by atoms with Crippen molar-refractivity contribution in [3.8, 4) is 0 Å². The van der Waals surface area contributed by atoms with Crippen LogP contribution in [0.3, 0.4) is 0 Å². The number of aryl methyl sites for hydroxylation is 1. The van der Waals surface area contributed by atoms with Gasteiger partial charge in [-0.25, -0.2) is 0 Å². The molecule has 9 nitrogen and oxygen atoms in total. The number of carbonyl (C=O) groups is 1. The number of carbonyl (C=O) groups excluding carboxylic acids is 1. The van der Waals surface area contributed by atoms with Crippen LogP contribution >= 0.6 is 0 Å². The highest BCUT2D eigenvalue weighted by molar-refractivity contribution is 5.78. The van der Waals surface area contributed by atoms with Gasteiger partial charge in [0.2, 0.25) is 18.1 Å². The van der Waals surface area contributed by atoms with E-state index >= 15 is 0 Å².